The first-order chi connectivity index (χ1) is 18.3. The number of rotatable bonds is 9. The van der Waals surface area contributed by atoms with Crippen molar-refractivity contribution in [1.82, 2.24) is 20.7 Å². The van der Waals surface area contributed by atoms with Gasteiger partial charge in [-0.2, -0.15) is 0 Å². The van der Waals surface area contributed by atoms with E-state index in [1.54, 1.807) is 44.6 Å². The lowest BCUT2D eigenvalue weighted by molar-refractivity contribution is -0.121. The Morgan fingerprint density at radius 2 is 1.55 bits per heavy atom. The Morgan fingerprint density at radius 1 is 0.895 bits per heavy atom. The zero-order valence-electron chi connectivity index (χ0n) is 21.1. The quantitative estimate of drug-likeness (QED) is 0.283. The second-order valence-corrected chi connectivity index (χ2v) is 10.7. The van der Waals surface area contributed by atoms with Gasteiger partial charge in [0.2, 0.25) is 5.91 Å². The molecule has 38 heavy (non-hydrogen) atoms. The fourth-order valence-electron chi connectivity index (χ4n) is 4.15. The molecule has 0 atom stereocenters. The van der Waals surface area contributed by atoms with Gasteiger partial charge in [0.25, 0.3) is 10.0 Å². The molecule has 2 aliphatic heterocycles. The van der Waals surface area contributed by atoms with Gasteiger partial charge in [0.05, 0.1) is 36.4 Å². The Bertz CT molecular complexity index is 1420. The van der Waals surface area contributed by atoms with Crippen LogP contribution < -0.4 is 40.8 Å². The van der Waals surface area contributed by atoms with Crippen molar-refractivity contribution >= 4 is 27.3 Å². The van der Waals surface area contributed by atoms with Crippen LogP contribution in [0.3, 0.4) is 0 Å². The first-order valence-corrected chi connectivity index (χ1v) is 13.7. The minimum Gasteiger partial charge on any atom is -0.497 e. The molecule has 1 aliphatic carbocycles. The number of carbonyl (C=O) groups excluding carboxylic acids is 1. The van der Waals surface area contributed by atoms with Gasteiger partial charge in [0, 0.05) is 42.7 Å². The second-order valence-electron chi connectivity index (χ2n) is 9.02. The Balaban J connectivity index is 1.44. The minimum absolute atomic E-state index is 0.0118. The zero-order chi connectivity index (χ0) is 26.7. The molecule has 0 unspecified atom stereocenters. The first kappa shape index (κ1) is 25.5. The van der Waals surface area contributed by atoms with Crippen molar-refractivity contribution in [1.29, 1.82) is 0 Å². The number of hydrogen-bond donors (Lipinski definition) is 6. The van der Waals surface area contributed by atoms with Crippen LogP contribution in [-0.2, 0) is 14.8 Å². The number of anilines is 2. The van der Waals surface area contributed by atoms with Crippen molar-refractivity contribution in [3.63, 3.8) is 0 Å². The number of methoxy groups -OCH3 is 2. The van der Waals surface area contributed by atoms with E-state index in [1.807, 2.05) is 12.2 Å². The summed E-state index contributed by atoms with van der Waals surface area (Å²) in [5.41, 5.74) is 2.65. The van der Waals surface area contributed by atoms with Crippen LogP contribution in [0.15, 0.2) is 82.5 Å². The van der Waals surface area contributed by atoms with Crippen molar-refractivity contribution in [3.05, 3.63) is 77.7 Å². The molecule has 1 amide bonds. The van der Waals surface area contributed by atoms with Crippen LogP contribution in [-0.4, -0.2) is 41.6 Å². The smallest absolute Gasteiger partial charge is 0.263 e. The van der Waals surface area contributed by atoms with Crippen molar-refractivity contribution in [2.24, 2.45) is 5.92 Å². The van der Waals surface area contributed by atoms with Gasteiger partial charge < -0.3 is 36.1 Å². The standard InChI is InChI=1S/C26H30N6O5S/c1-36-19-10-18(11-20(13-19)37-2)28-24-25(31-23-9-4-3-8-22(23)30-24)32-38(34,35)21-7-5-6-17(12-21)29-26(33)16-14-27-15-16/h5-13,16,27-28,30-32H,3-4,14-15H2,1-2H3,(H,29,33). The van der Waals surface area contributed by atoms with Crippen molar-refractivity contribution in [2.75, 3.05) is 37.9 Å². The van der Waals surface area contributed by atoms with Gasteiger partial charge in [-0.3, -0.25) is 9.52 Å². The van der Waals surface area contributed by atoms with Gasteiger partial charge in [-0.05, 0) is 31.0 Å². The van der Waals surface area contributed by atoms with Gasteiger partial charge in [-0.25, -0.2) is 8.42 Å². The molecule has 11 nitrogen and oxygen atoms in total. The van der Waals surface area contributed by atoms with Gasteiger partial charge in [-0.1, -0.05) is 18.2 Å². The summed E-state index contributed by atoms with van der Waals surface area (Å²) in [6, 6.07) is 11.5. The lowest BCUT2D eigenvalue weighted by Crippen LogP contribution is -2.48. The first-order valence-electron chi connectivity index (χ1n) is 12.2. The molecule has 0 saturated carbocycles. The number of amides is 1. The maximum absolute atomic E-state index is 13.5. The van der Waals surface area contributed by atoms with E-state index in [1.165, 1.54) is 12.1 Å². The molecule has 2 aromatic rings. The zero-order valence-corrected chi connectivity index (χ0v) is 21.9. The summed E-state index contributed by atoms with van der Waals surface area (Å²) in [5, 5.41) is 15.6. The van der Waals surface area contributed by atoms with Crippen LogP contribution in [0.4, 0.5) is 11.4 Å². The molecule has 12 heteroatoms. The molecule has 2 aromatic carbocycles. The number of allylic oxidation sites excluding steroid dienone is 2. The molecule has 3 aliphatic rings. The highest BCUT2D eigenvalue weighted by Gasteiger charge is 2.27. The molecule has 5 rings (SSSR count). The van der Waals surface area contributed by atoms with E-state index in [0.717, 1.165) is 24.2 Å². The lowest BCUT2D eigenvalue weighted by Gasteiger charge is -2.30. The number of nitrogens with one attached hydrogen (secondary N) is 6. The fraction of sp³-hybridized carbons (Fsp3) is 0.269. The molecule has 6 N–H and O–H groups in total. The molecule has 200 valence electrons. The van der Waals surface area contributed by atoms with E-state index in [-0.39, 0.29) is 22.5 Å². The van der Waals surface area contributed by atoms with E-state index in [9.17, 15) is 13.2 Å². The van der Waals surface area contributed by atoms with Crippen LogP contribution in [0.2, 0.25) is 0 Å². The van der Waals surface area contributed by atoms with Gasteiger partial charge >= 0.3 is 0 Å². The monoisotopic (exact) mass is 538 g/mol. The average Bonchev–Trinajstić information content (AvgIpc) is 2.87. The molecule has 0 radical (unpaired) electrons. The third kappa shape index (κ3) is 5.55. The van der Waals surface area contributed by atoms with Crippen molar-refractivity contribution in [2.45, 2.75) is 17.7 Å². The average molecular weight is 539 g/mol. The highest BCUT2D eigenvalue weighted by Crippen LogP contribution is 2.29. The molecule has 0 aromatic heterocycles. The van der Waals surface area contributed by atoms with E-state index in [0.29, 0.717) is 41.8 Å². The summed E-state index contributed by atoms with van der Waals surface area (Å²) in [5.74, 6) is 1.50. The summed E-state index contributed by atoms with van der Waals surface area (Å²) in [6.07, 6.45) is 5.75. The second kappa shape index (κ2) is 10.7. The summed E-state index contributed by atoms with van der Waals surface area (Å²) < 4.78 is 40.3. The van der Waals surface area contributed by atoms with E-state index in [2.05, 4.69) is 31.3 Å². The number of fused-ring (bicyclic) bond motifs is 1. The van der Waals surface area contributed by atoms with Gasteiger partial charge in [0.15, 0.2) is 11.6 Å². The third-order valence-electron chi connectivity index (χ3n) is 6.34. The maximum atomic E-state index is 13.5. The van der Waals surface area contributed by atoms with Crippen LogP contribution in [0.5, 0.6) is 11.5 Å². The maximum Gasteiger partial charge on any atom is 0.263 e. The minimum atomic E-state index is -4.03. The number of benzene rings is 2. The lowest BCUT2D eigenvalue weighted by atomic mass is 10.0. The Labute approximate surface area is 221 Å². The topological polar surface area (TPSA) is 142 Å². The predicted molar refractivity (Wildman–Crippen MR) is 144 cm³/mol. The van der Waals surface area contributed by atoms with Crippen LogP contribution in [0, 0.1) is 5.92 Å². The highest BCUT2D eigenvalue weighted by molar-refractivity contribution is 7.89. The summed E-state index contributed by atoms with van der Waals surface area (Å²) in [4.78, 5) is 12.3. The summed E-state index contributed by atoms with van der Waals surface area (Å²) >= 11 is 0. The molecular weight excluding hydrogens is 508 g/mol. The van der Waals surface area contributed by atoms with Crippen LogP contribution in [0.1, 0.15) is 12.8 Å². The highest BCUT2D eigenvalue weighted by atomic mass is 32.2. The van der Waals surface area contributed by atoms with E-state index in [4.69, 9.17) is 9.47 Å². The van der Waals surface area contributed by atoms with Gasteiger partial charge in [0.1, 0.15) is 11.5 Å². The molecular formula is C26H30N6O5S. The Kier molecular flexibility index (Phi) is 7.16. The fourth-order valence-corrected chi connectivity index (χ4v) is 5.23. The summed E-state index contributed by atoms with van der Waals surface area (Å²) in [6.45, 7) is 1.22. The normalized spacial score (nSPS) is 17.0. The van der Waals surface area contributed by atoms with Crippen LogP contribution in [0.25, 0.3) is 0 Å². The Morgan fingerprint density at radius 3 is 2.16 bits per heavy atom. The largest absolute Gasteiger partial charge is 0.497 e. The number of ether oxygens (including phenoxy) is 2. The van der Waals surface area contributed by atoms with E-state index < -0.39 is 10.0 Å². The van der Waals surface area contributed by atoms with Crippen molar-refractivity contribution < 1.29 is 22.7 Å². The predicted octanol–water partition coefficient (Wildman–Crippen LogP) is 2.13. The van der Waals surface area contributed by atoms with Crippen molar-refractivity contribution in [3.8, 4) is 11.5 Å². The molecule has 2 heterocycles. The van der Waals surface area contributed by atoms with Crippen LogP contribution >= 0.6 is 0 Å². The van der Waals surface area contributed by atoms with Gasteiger partial charge in [-0.15, -0.1) is 0 Å². The molecule has 1 saturated heterocycles. The third-order valence-corrected chi connectivity index (χ3v) is 7.69. The molecule has 0 spiro atoms. The number of carbonyl (C=O) groups is 1. The van der Waals surface area contributed by atoms with E-state index >= 15 is 0 Å². The number of hydrogen-bond acceptors (Lipinski definition) is 9. The molecule has 1 fully saturated rings. The number of sulfonamides is 1. The Hall–Kier alpha value is -4.16. The molecule has 0 bridgehead atoms. The summed E-state index contributed by atoms with van der Waals surface area (Å²) in [7, 11) is -0.915. The SMILES string of the molecule is COc1cc(NC2=C(NS(=O)(=O)c3cccc(NC(=O)C4CNC4)c3)NC3=CCCC=C3N2)cc(OC)c1.